The van der Waals surface area contributed by atoms with Crippen LogP contribution in [0.5, 0.6) is 0 Å². The number of rotatable bonds is 6. The molecule has 3 N–H and O–H groups in total. The number of halogens is 1. The molecule has 23 heavy (non-hydrogen) atoms. The molecule has 1 aromatic heterocycles. The second-order valence-electron chi connectivity index (χ2n) is 5.74. The summed E-state index contributed by atoms with van der Waals surface area (Å²) in [4.78, 5) is 8.74. The Hall–Kier alpha value is -1.63. The number of guanidine groups is 1. The SMILES string of the molecule is I.NC(=NCC1CC1c1ccccc1)NCCc1ccccn1. The number of nitrogens with one attached hydrogen (secondary N) is 1. The van der Waals surface area contributed by atoms with E-state index in [2.05, 4.69) is 45.6 Å². The summed E-state index contributed by atoms with van der Waals surface area (Å²) in [7, 11) is 0. The van der Waals surface area contributed by atoms with E-state index in [-0.39, 0.29) is 24.0 Å². The largest absolute Gasteiger partial charge is 0.370 e. The molecule has 3 rings (SSSR count). The van der Waals surface area contributed by atoms with Crippen LogP contribution in [0.4, 0.5) is 0 Å². The molecule has 0 amide bonds. The third-order valence-electron chi connectivity index (χ3n) is 4.06. The van der Waals surface area contributed by atoms with Gasteiger partial charge in [-0.05, 0) is 36.0 Å². The van der Waals surface area contributed by atoms with Gasteiger partial charge in [0.15, 0.2) is 5.96 Å². The van der Waals surface area contributed by atoms with Crippen LogP contribution in [-0.2, 0) is 6.42 Å². The summed E-state index contributed by atoms with van der Waals surface area (Å²) in [6.45, 7) is 1.57. The minimum absolute atomic E-state index is 0. The van der Waals surface area contributed by atoms with Crippen molar-refractivity contribution in [1.82, 2.24) is 10.3 Å². The van der Waals surface area contributed by atoms with Crippen molar-refractivity contribution in [1.29, 1.82) is 0 Å². The normalized spacial score (nSPS) is 19.7. The Morgan fingerprint density at radius 1 is 1.17 bits per heavy atom. The summed E-state index contributed by atoms with van der Waals surface area (Å²) in [6.07, 6.45) is 3.88. The fourth-order valence-electron chi connectivity index (χ4n) is 2.69. The van der Waals surface area contributed by atoms with E-state index in [1.807, 2.05) is 24.4 Å². The molecule has 0 spiro atoms. The molecule has 4 nitrogen and oxygen atoms in total. The second kappa shape index (κ2) is 8.86. The topological polar surface area (TPSA) is 63.3 Å². The maximum absolute atomic E-state index is 5.92. The molecule has 1 saturated carbocycles. The number of nitrogens with zero attached hydrogens (tertiary/aromatic N) is 2. The van der Waals surface area contributed by atoms with Crippen LogP contribution in [0.2, 0.25) is 0 Å². The van der Waals surface area contributed by atoms with Crippen molar-refractivity contribution in [3.63, 3.8) is 0 Å². The molecule has 0 radical (unpaired) electrons. The van der Waals surface area contributed by atoms with Gasteiger partial charge in [0.2, 0.25) is 0 Å². The van der Waals surface area contributed by atoms with Crippen LogP contribution in [-0.4, -0.2) is 24.0 Å². The summed E-state index contributed by atoms with van der Waals surface area (Å²) < 4.78 is 0. The van der Waals surface area contributed by atoms with Gasteiger partial charge in [0.25, 0.3) is 0 Å². The molecule has 2 aromatic rings. The first-order valence-electron chi connectivity index (χ1n) is 7.81. The van der Waals surface area contributed by atoms with E-state index in [1.54, 1.807) is 0 Å². The lowest BCUT2D eigenvalue weighted by Crippen LogP contribution is -2.33. The Morgan fingerprint density at radius 2 is 1.96 bits per heavy atom. The van der Waals surface area contributed by atoms with E-state index in [0.29, 0.717) is 17.8 Å². The minimum atomic E-state index is 0. The average Bonchev–Trinajstić information content (AvgIpc) is 3.34. The van der Waals surface area contributed by atoms with E-state index in [1.165, 1.54) is 12.0 Å². The molecule has 0 aliphatic heterocycles. The number of aromatic nitrogens is 1. The first-order valence-corrected chi connectivity index (χ1v) is 7.81. The summed E-state index contributed by atoms with van der Waals surface area (Å²) >= 11 is 0. The lowest BCUT2D eigenvalue weighted by atomic mass is 10.1. The number of hydrogen-bond acceptors (Lipinski definition) is 2. The van der Waals surface area contributed by atoms with Gasteiger partial charge in [0.05, 0.1) is 0 Å². The van der Waals surface area contributed by atoms with E-state index < -0.39 is 0 Å². The molecule has 5 heteroatoms. The highest BCUT2D eigenvalue weighted by atomic mass is 127. The fourth-order valence-corrected chi connectivity index (χ4v) is 2.69. The first kappa shape index (κ1) is 17.7. The molecule has 1 aliphatic rings. The number of pyridine rings is 1. The van der Waals surface area contributed by atoms with Crippen molar-refractivity contribution in [3.8, 4) is 0 Å². The van der Waals surface area contributed by atoms with E-state index in [4.69, 9.17) is 5.73 Å². The molecule has 122 valence electrons. The number of hydrogen-bond donors (Lipinski definition) is 2. The Balaban J connectivity index is 0.00000192. The average molecular weight is 422 g/mol. The highest BCUT2D eigenvalue weighted by Gasteiger charge is 2.37. The van der Waals surface area contributed by atoms with Crippen LogP contribution < -0.4 is 11.1 Å². The van der Waals surface area contributed by atoms with Crippen LogP contribution in [0.3, 0.4) is 0 Å². The van der Waals surface area contributed by atoms with E-state index in [9.17, 15) is 0 Å². The zero-order chi connectivity index (χ0) is 15.2. The van der Waals surface area contributed by atoms with Crippen LogP contribution in [0, 0.1) is 5.92 Å². The second-order valence-corrected chi connectivity index (χ2v) is 5.74. The summed E-state index contributed by atoms with van der Waals surface area (Å²) in [5.74, 6) is 1.83. The van der Waals surface area contributed by atoms with Gasteiger partial charge in [-0.3, -0.25) is 9.98 Å². The lowest BCUT2D eigenvalue weighted by Gasteiger charge is -2.05. The Labute approximate surface area is 154 Å². The van der Waals surface area contributed by atoms with Crippen LogP contribution in [0.25, 0.3) is 0 Å². The van der Waals surface area contributed by atoms with Gasteiger partial charge in [-0.1, -0.05) is 36.4 Å². The molecule has 1 heterocycles. The highest BCUT2D eigenvalue weighted by Crippen LogP contribution is 2.47. The monoisotopic (exact) mass is 422 g/mol. The van der Waals surface area contributed by atoms with Crippen molar-refractivity contribution >= 4 is 29.9 Å². The Bertz CT molecular complexity index is 615. The van der Waals surface area contributed by atoms with E-state index >= 15 is 0 Å². The predicted molar refractivity (Wildman–Crippen MR) is 105 cm³/mol. The third-order valence-corrected chi connectivity index (χ3v) is 4.06. The number of nitrogens with two attached hydrogens (primary N) is 1. The van der Waals surface area contributed by atoms with Gasteiger partial charge in [-0.2, -0.15) is 0 Å². The van der Waals surface area contributed by atoms with Crippen molar-refractivity contribution in [2.45, 2.75) is 18.8 Å². The van der Waals surface area contributed by atoms with Crippen LogP contribution in [0.1, 0.15) is 23.6 Å². The molecular formula is C18H23IN4. The Kier molecular flexibility index (Phi) is 6.83. The quantitative estimate of drug-likeness (QED) is 0.428. The first-order chi connectivity index (χ1) is 10.8. The summed E-state index contributed by atoms with van der Waals surface area (Å²) in [5, 5.41) is 3.16. The molecule has 0 saturated heterocycles. The van der Waals surface area contributed by atoms with Crippen LogP contribution in [0.15, 0.2) is 59.7 Å². The van der Waals surface area contributed by atoms with Gasteiger partial charge >= 0.3 is 0 Å². The molecule has 1 fully saturated rings. The standard InChI is InChI=1S/C18H22N4.HI/c19-18(21-11-9-16-8-4-5-10-20-16)22-13-15-12-17(15)14-6-2-1-3-7-14;/h1-8,10,15,17H,9,11-13H2,(H3,19,21,22);1H. The van der Waals surface area contributed by atoms with Gasteiger partial charge < -0.3 is 11.1 Å². The molecule has 1 aliphatic carbocycles. The third kappa shape index (κ3) is 5.49. The predicted octanol–water partition coefficient (Wildman–Crippen LogP) is 2.95. The van der Waals surface area contributed by atoms with Gasteiger partial charge in [-0.25, -0.2) is 0 Å². The summed E-state index contributed by atoms with van der Waals surface area (Å²) in [6, 6.07) is 16.6. The maximum Gasteiger partial charge on any atom is 0.188 e. The van der Waals surface area contributed by atoms with Crippen molar-refractivity contribution in [2.24, 2.45) is 16.6 Å². The minimum Gasteiger partial charge on any atom is -0.370 e. The molecular weight excluding hydrogens is 399 g/mol. The van der Waals surface area contributed by atoms with Gasteiger partial charge in [-0.15, -0.1) is 24.0 Å². The molecule has 0 bridgehead atoms. The van der Waals surface area contributed by atoms with Gasteiger partial charge in [0, 0.05) is 31.4 Å². The van der Waals surface area contributed by atoms with Crippen molar-refractivity contribution in [3.05, 3.63) is 66.0 Å². The zero-order valence-corrected chi connectivity index (χ0v) is 15.4. The fraction of sp³-hybridized carbons (Fsp3) is 0.333. The van der Waals surface area contributed by atoms with Crippen molar-refractivity contribution < 1.29 is 0 Å². The number of benzene rings is 1. The summed E-state index contributed by atoms with van der Waals surface area (Å²) in [5.41, 5.74) is 8.40. The molecule has 1 aromatic carbocycles. The van der Waals surface area contributed by atoms with Crippen LogP contribution >= 0.6 is 24.0 Å². The van der Waals surface area contributed by atoms with Crippen molar-refractivity contribution in [2.75, 3.05) is 13.1 Å². The van der Waals surface area contributed by atoms with E-state index in [0.717, 1.165) is 25.2 Å². The number of aliphatic imine (C=N–C) groups is 1. The molecule has 2 atom stereocenters. The Morgan fingerprint density at radius 3 is 2.70 bits per heavy atom. The highest BCUT2D eigenvalue weighted by molar-refractivity contribution is 14.0. The van der Waals surface area contributed by atoms with Gasteiger partial charge in [0.1, 0.15) is 0 Å². The maximum atomic E-state index is 5.92. The molecule has 2 unspecified atom stereocenters. The lowest BCUT2D eigenvalue weighted by molar-refractivity contribution is 0.785. The smallest absolute Gasteiger partial charge is 0.188 e. The zero-order valence-electron chi connectivity index (χ0n) is 13.1.